The Bertz CT molecular complexity index is 771. The Kier molecular flexibility index (Phi) is 5.86. The van der Waals surface area contributed by atoms with Crippen molar-refractivity contribution in [3.05, 3.63) is 65.2 Å². The van der Waals surface area contributed by atoms with E-state index in [-0.39, 0.29) is 11.7 Å². The second-order valence-electron chi connectivity index (χ2n) is 7.79. The van der Waals surface area contributed by atoms with E-state index in [1.54, 1.807) is 37.4 Å². The fourth-order valence-electron chi connectivity index (χ4n) is 2.44. The minimum Gasteiger partial charge on any atom is -0.508 e. The number of aromatic hydroxyl groups is 1. The van der Waals surface area contributed by atoms with Crippen LogP contribution in [0.25, 0.3) is 0 Å². The second-order valence-corrected chi connectivity index (χ2v) is 7.79. The molecule has 2 aromatic carbocycles. The maximum Gasteiger partial charge on any atom is 0.334 e. The van der Waals surface area contributed by atoms with Crippen LogP contribution < -0.4 is 0 Å². The summed E-state index contributed by atoms with van der Waals surface area (Å²) in [6.45, 7) is 9.36. The molecular formula is C22H27NO3. The lowest BCUT2D eigenvalue weighted by atomic mass is 9.92. The highest BCUT2D eigenvalue weighted by Crippen LogP contribution is 2.23. The fraction of sp³-hybridized carbons (Fsp3) is 0.364. The number of phenolic OH excluding ortho intramolecular Hbond substituents is 1. The van der Waals surface area contributed by atoms with Gasteiger partial charge in [0, 0.05) is 12.6 Å². The third-order valence-corrected chi connectivity index (χ3v) is 3.90. The number of esters is 1. The van der Waals surface area contributed by atoms with Crippen LogP contribution in [0.4, 0.5) is 0 Å². The van der Waals surface area contributed by atoms with E-state index in [2.05, 4.69) is 4.99 Å². The van der Waals surface area contributed by atoms with Gasteiger partial charge in [0.1, 0.15) is 11.4 Å². The Labute approximate surface area is 155 Å². The summed E-state index contributed by atoms with van der Waals surface area (Å²) in [4.78, 5) is 17.4. The van der Waals surface area contributed by atoms with Crippen LogP contribution in [0.2, 0.25) is 0 Å². The molecule has 138 valence electrons. The number of phenols is 1. The number of ether oxygens (including phenoxy) is 1. The van der Waals surface area contributed by atoms with E-state index in [4.69, 9.17) is 4.74 Å². The highest BCUT2D eigenvalue weighted by atomic mass is 16.6. The summed E-state index contributed by atoms with van der Waals surface area (Å²) in [5.74, 6) is -0.169. The SMILES string of the molecule is Cc1ccc(C[C@](C)(N=Cc2ccc(O)cc2)C(=O)OC(C)(C)C)cc1. The highest BCUT2D eigenvalue weighted by molar-refractivity contribution is 5.87. The van der Waals surface area contributed by atoms with Gasteiger partial charge >= 0.3 is 5.97 Å². The van der Waals surface area contributed by atoms with Gasteiger partial charge in [0.25, 0.3) is 0 Å². The van der Waals surface area contributed by atoms with Crippen molar-refractivity contribution >= 4 is 12.2 Å². The molecule has 1 atom stereocenters. The van der Waals surface area contributed by atoms with E-state index in [0.29, 0.717) is 6.42 Å². The molecule has 1 N–H and O–H groups in total. The van der Waals surface area contributed by atoms with Gasteiger partial charge in [0.2, 0.25) is 0 Å². The summed E-state index contributed by atoms with van der Waals surface area (Å²) in [7, 11) is 0. The van der Waals surface area contributed by atoms with Gasteiger partial charge in [-0.3, -0.25) is 4.99 Å². The maximum absolute atomic E-state index is 12.9. The third-order valence-electron chi connectivity index (χ3n) is 3.90. The third kappa shape index (κ3) is 5.73. The molecule has 0 unspecified atom stereocenters. The quantitative estimate of drug-likeness (QED) is 0.637. The van der Waals surface area contributed by atoms with Gasteiger partial charge in [-0.05, 0) is 70.0 Å². The van der Waals surface area contributed by atoms with Crippen LogP contribution in [0.3, 0.4) is 0 Å². The lowest BCUT2D eigenvalue weighted by molar-refractivity contribution is -0.160. The number of carbonyl (C=O) groups excluding carboxylic acids is 1. The molecule has 0 amide bonds. The van der Waals surface area contributed by atoms with E-state index >= 15 is 0 Å². The van der Waals surface area contributed by atoms with Crippen LogP contribution in [-0.4, -0.2) is 28.4 Å². The van der Waals surface area contributed by atoms with Crippen molar-refractivity contribution in [2.75, 3.05) is 0 Å². The molecule has 0 aliphatic heterocycles. The van der Waals surface area contributed by atoms with Gasteiger partial charge in [-0.15, -0.1) is 0 Å². The molecule has 0 aromatic heterocycles. The average Bonchev–Trinajstić information content (AvgIpc) is 2.55. The zero-order valence-corrected chi connectivity index (χ0v) is 16.1. The molecular weight excluding hydrogens is 326 g/mol. The van der Waals surface area contributed by atoms with Gasteiger partial charge in [-0.25, -0.2) is 4.79 Å². The molecule has 26 heavy (non-hydrogen) atoms. The van der Waals surface area contributed by atoms with Crippen LogP contribution in [0.15, 0.2) is 53.5 Å². The zero-order chi connectivity index (χ0) is 19.4. The van der Waals surface area contributed by atoms with Gasteiger partial charge in [0.15, 0.2) is 5.54 Å². The van der Waals surface area contributed by atoms with Crippen molar-refractivity contribution in [3.63, 3.8) is 0 Å². The highest BCUT2D eigenvalue weighted by Gasteiger charge is 2.36. The number of aryl methyl sites for hydroxylation is 1. The van der Waals surface area contributed by atoms with Gasteiger partial charge in [0.05, 0.1) is 0 Å². The molecule has 0 bridgehead atoms. The van der Waals surface area contributed by atoms with Crippen molar-refractivity contribution < 1.29 is 14.6 Å². The first-order valence-corrected chi connectivity index (χ1v) is 8.71. The maximum atomic E-state index is 12.9. The first kappa shape index (κ1) is 19.7. The Balaban J connectivity index is 2.31. The topological polar surface area (TPSA) is 58.9 Å². The number of hydrogen-bond donors (Lipinski definition) is 1. The number of benzene rings is 2. The molecule has 0 spiro atoms. The van der Waals surface area contributed by atoms with Crippen LogP contribution in [-0.2, 0) is 16.0 Å². The minimum atomic E-state index is -1.04. The Morgan fingerprint density at radius 1 is 1.04 bits per heavy atom. The summed E-state index contributed by atoms with van der Waals surface area (Å²) in [5, 5.41) is 9.40. The van der Waals surface area contributed by atoms with Crippen LogP contribution in [0, 0.1) is 6.92 Å². The summed E-state index contributed by atoms with van der Waals surface area (Å²) in [6.07, 6.45) is 2.09. The normalized spacial score (nSPS) is 14.2. The predicted molar refractivity (Wildman–Crippen MR) is 105 cm³/mol. The van der Waals surface area contributed by atoms with Crippen molar-refractivity contribution in [2.45, 2.75) is 52.2 Å². The Morgan fingerprint density at radius 2 is 1.62 bits per heavy atom. The molecule has 2 aromatic rings. The van der Waals surface area contributed by atoms with Gasteiger partial charge in [-0.2, -0.15) is 0 Å². The van der Waals surface area contributed by atoms with E-state index in [9.17, 15) is 9.90 Å². The smallest absolute Gasteiger partial charge is 0.334 e. The molecule has 0 saturated carbocycles. The van der Waals surface area contributed by atoms with Crippen molar-refractivity contribution in [1.29, 1.82) is 0 Å². The second kappa shape index (κ2) is 7.73. The zero-order valence-electron chi connectivity index (χ0n) is 16.1. The molecule has 0 radical (unpaired) electrons. The molecule has 0 saturated heterocycles. The van der Waals surface area contributed by atoms with E-state index in [0.717, 1.165) is 11.1 Å². The number of nitrogens with zero attached hydrogens (tertiary/aromatic N) is 1. The van der Waals surface area contributed by atoms with E-state index < -0.39 is 11.1 Å². The Hall–Kier alpha value is -2.62. The van der Waals surface area contributed by atoms with Crippen LogP contribution in [0.1, 0.15) is 44.4 Å². The molecule has 4 heteroatoms. The molecule has 0 aliphatic rings. The summed E-state index contributed by atoms with van der Waals surface area (Å²) in [6, 6.07) is 14.7. The Morgan fingerprint density at radius 3 is 2.15 bits per heavy atom. The van der Waals surface area contributed by atoms with Crippen LogP contribution in [0.5, 0.6) is 5.75 Å². The number of aliphatic imine (C=N–C) groups is 1. The largest absolute Gasteiger partial charge is 0.508 e. The van der Waals surface area contributed by atoms with Gasteiger partial charge in [-0.1, -0.05) is 29.8 Å². The fourth-order valence-corrected chi connectivity index (χ4v) is 2.44. The lowest BCUT2D eigenvalue weighted by Crippen LogP contribution is -2.41. The summed E-state index contributed by atoms with van der Waals surface area (Å²) in [5.41, 5.74) is 1.37. The van der Waals surface area contributed by atoms with Crippen LogP contribution >= 0.6 is 0 Å². The number of carbonyl (C=O) groups is 1. The van der Waals surface area contributed by atoms with E-state index in [1.807, 2.05) is 52.0 Å². The minimum absolute atomic E-state index is 0.191. The van der Waals surface area contributed by atoms with Gasteiger partial charge < -0.3 is 9.84 Å². The summed E-state index contributed by atoms with van der Waals surface area (Å²) >= 11 is 0. The molecule has 0 fully saturated rings. The average molecular weight is 353 g/mol. The molecule has 2 rings (SSSR count). The van der Waals surface area contributed by atoms with Crippen molar-refractivity contribution in [1.82, 2.24) is 0 Å². The molecule has 4 nitrogen and oxygen atoms in total. The molecule has 0 aliphatic carbocycles. The molecule has 0 heterocycles. The monoisotopic (exact) mass is 353 g/mol. The van der Waals surface area contributed by atoms with Crippen molar-refractivity contribution in [2.24, 2.45) is 4.99 Å². The van der Waals surface area contributed by atoms with E-state index in [1.165, 1.54) is 5.56 Å². The standard InChI is InChI=1S/C22H27NO3/c1-16-6-8-17(9-7-16)14-22(5,20(25)26-21(2,3)4)23-15-18-10-12-19(24)13-11-18/h6-13,15,24H,14H2,1-5H3/t22-/m0/s1. The predicted octanol–water partition coefficient (Wildman–Crippen LogP) is 4.46. The van der Waals surface area contributed by atoms with Crippen molar-refractivity contribution in [3.8, 4) is 5.75 Å². The number of rotatable bonds is 5. The lowest BCUT2D eigenvalue weighted by Gasteiger charge is -2.28. The first-order valence-electron chi connectivity index (χ1n) is 8.71. The summed E-state index contributed by atoms with van der Waals surface area (Å²) < 4.78 is 5.61. The number of hydrogen-bond acceptors (Lipinski definition) is 4. The first-order chi connectivity index (χ1) is 12.1.